The van der Waals surface area contributed by atoms with E-state index in [1.54, 1.807) is 0 Å². The molecule has 0 heterocycles. The fourth-order valence-corrected chi connectivity index (χ4v) is 2.77. The molecule has 0 aromatic carbocycles. The second-order valence-electron chi connectivity index (χ2n) is 6.41. The molecule has 0 rings (SSSR count). The largest absolute Gasteiger partial charge is 0.356 e. The third-order valence-corrected chi connectivity index (χ3v) is 3.37. The van der Waals surface area contributed by atoms with Crippen LogP contribution in [-0.2, 0) is 4.79 Å². The molecule has 2 heteroatoms. The Kier molecular flexibility index (Phi) is 7.06. The number of carbonyl (C=O) groups is 1. The number of amides is 1. The van der Waals surface area contributed by atoms with Crippen LogP contribution in [0.2, 0.25) is 0 Å². The first-order chi connectivity index (χ1) is 8.28. The summed E-state index contributed by atoms with van der Waals surface area (Å²) < 4.78 is 0. The number of carbonyl (C=O) groups excluding carboxylic acids is 1. The molecule has 1 atom stereocenters. The molecule has 0 bridgehead atoms. The first kappa shape index (κ1) is 17.0. The Morgan fingerprint density at radius 1 is 1.28 bits per heavy atom. The van der Waals surface area contributed by atoms with E-state index < -0.39 is 0 Å². The summed E-state index contributed by atoms with van der Waals surface area (Å²) in [4.78, 5) is 11.4. The van der Waals surface area contributed by atoms with Crippen LogP contribution < -0.4 is 5.32 Å². The van der Waals surface area contributed by atoms with E-state index in [0.29, 0.717) is 6.42 Å². The van der Waals surface area contributed by atoms with Crippen LogP contribution in [0.25, 0.3) is 0 Å². The third-order valence-electron chi connectivity index (χ3n) is 3.37. The van der Waals surface area contributed by atoms with Gasteiger partial charge in [0.2, 0.25) is 5.91 Å². The Morgan fingerprint density at radius 3 is 2.33 bits per heavy atom. The molecule has 0 aromatic heterocycles. The molecule has 0 aromatic rings. The van der Waals surface area contributed by atoms with Gasteiger partial charge in [0.05, 0.1) is 0 Å². The van der Waals surface area contributed by atoms with Gasteiger partial charge in [-0.2, -0.15) is 0 Å². The van der Waals surface area contributed by atoms with Crippen LogP contribution >= 0.6 is 0 Å². The zero-order chi connectivity index (χ0) is 14.2. The quantitative estimate of drug-likeness (QED) is 0.654. The normalized spacial score (nSPS) is 14.7. The van der Waals surface area contributed by atoms with Crippen LogP contribution in [0.1, 0.15) is 66.7 Å². The van der Waals surface area contributed by atoms with Crippen LogP contribution in [0, 0.1) is 23.2 Å². The fourth-order valence-electron chi connectivity index (χ4n) is 2.77. The Bertz CT molecular complexity index is 301. The SMILES string of the molecule is C#CCC(C)(C)CC(C)(CCC)CNC(=O)CC. The first-order valence-corrected chi connectivity index (χ1v) is 6.99. The van der Waals surface area contributed by atoms with Crippen molar-refractivity contribution in [2.24, 2.45) is 10.8 Å². The van der Waals surface area contributed by atoms with Crippen molar-refractivity contribution >= 4 is 5.91 Å². The molecule has 0 spiro atoms. The predicted octanol–water partition coefficient (Wildman–Crippen LogP) is 3.76. The molecule has 0 aliphatic heterocycles. The highest BCUT2D eigenvalue weighted by Crippen LogP contribution is 2.38. The number of hydrogen-bond donors (Lipinski definition) is 1. The Hall–Kier alpha value is -0.970. The molecule has 0 aliphatic rings. The molecule has 0 saturated carbocycles. The molecule has 0 fully saturated rings. The van der Waals surface area contributed by atoms with E-state index in [-0.39, 0.29) is 16.7 Å². The average molecular weight is 251 g/mol. The molecule has 1 amide bonds. The Labute approximate surface area is 113 Å². The molecule has 0 aliphatic carbocycles. The molecule has 2 nitrogen and oxygen atoms in total. The maximum absolute atomic E-state index is 11.4. The first-order valence-electron chi connectivity index (χ1n) is 6.99. The molecule has 104 valence electrons. The van der Waals surface area contributed by atoms with Crippen LogP contribution in [0.5, 0.6) is 0 Å². The summed E-state index contributed by atoms with van der Waals surface area (Å²) in [6.07, 6.45) is 10.1. The lowest BCUT2D eigenvalue weighted by Gasteiger charge is -2.37. The Balaban J connectivity index is 4.60. The Morgan fingerprint density at radius 2 is 1.89 bits per heavy atom. The molecular weight excluding hydrogens is 222 g/mol. The maximum Gasteiger partial charge on any atom is 0.219 e. The smallest absolute Gasteiger partial charge is 0.219 e. The number of terminal acetylenes is 1. The van der Waals surface area contributed by atoms with Crippen LogP contribution in [0.4, 0.5) is 0 Å². The highest BCUT2D eigenvalue weighted by molar-refractivity contribution is 5.75. The van der Waals surface area contributed by atoms with Crippen LogP contribution in [-0.4, -0.2) is 12.5 Å². The van der Waals surface area contributed by atoms with Gasteiger partial charge in [0.25, 0.3) is 0 Å². The van der Waals surface area contributed by atoms with Gasteiger partial charge < -0.3 is 5.32 Å². The van der Waals surface area contributed by atoms with Crippen molar-refractivity contribution in [1.29, 1.82) is 0 Å². The van der Waals surface area contributed by atoms with Gasteiger partial charge in [-0.15, -0.1) is 12.3 Å². The maximum atomic E-state index is 11.4. The lowest BCUT2D eigenvalue weighted by atomic mass is 9.70. The van der Waals surface area contributed by atoms with E-state index in [4.69, 9.17) is 6.42 Å². The van der Waals surface area contributed by atoms with Gasteiger partial charge in [0.1, 0.15) is 0 Å². The second-order valence-corrected chi connectivity index (χ2v) is 6.41. The molecule has 0 saturated heterocycles. The van der Waals surface area contributed by atoms with Gasteiger partial charge in [-0.1, -0.05) is 41.0 Å². The minimum Gasteiger partial charge on any atom is -0.356 e. The van der Waals surface area contributed by atoms with Crippen LogP contribution in [0.15, 0.2) is 0 Å². The summed E-state index contributed by atoms with van der Waals surface area (Å²) >= 11 is 0. The molecular formula is C16H29NO. The van der Waals surface area contributed by atoms with Crippen molar-refractivity contribution in [3.8, 4) is 12.3 Å². The summed E-state index contributed by atoms with van der Waals surface area (Å²) in [5.41, 5.74) is 0.273. The van der Waals surface area contributed by atoms with Crippen molar-refractivity contribution in [1.82, 2.24) is 5.32 Å². The van der Waals surface area contributed by atoms with E-state index in [9.17, 15) is 4.79 Å². The van der Waals surface area contributed by atoms with E-state index in [0.717, 1.165) is 32.2 Å². The van der Waals surface area contributed by atoms with Crippen molar-refractivity contribution in [2.75, 3.05) is 6.54 Å². The summed E-state index contributed by atoms with van der Waals surface area (Å²) in [5, 5.41) is 3.03. The fraction of sp³-hybridized carbons (Fsp3) is 0.812. The number of rotatable bonds is 8. The highest BCUT2D eigenvalue weighted by Gasteiger charge is 2.31. The second kappa shape index (κ2) is 7.46. The molecule has 1 unspecified atom stereocenters. The van der Waals surface area contributed by atoms with Gasteiger partial charge in [0, 0.05) is 19.4 Å². The van der Waals surface area contributed by atoms with Gasteiger partial charge in [-0.25, -0.2) is 0 Å². The average Bonchev–Trinajstić information content (AvgIpc) is 2.25. The molecule has 1 N–H and O–H groups in total. The van der Waals surface area contributed by atoms with Gasteiger partial charge in [0.15, 0.2) is 0 Å². The third kappa shape index (κ3) is 6.69. The number of hydrogen-bond acceptors (Lipinski definition) is 1. The van der Waals surface area contributed by atoms with Crippen molar-refractivity contribution in [2.45, 2.75) is 66.7 Å². The van der Waals surface area contributed by atoms with Crippen LogP contribution in [0.3, 0.4) is 0 Å². The summed E-state index contributed by atoms with van der Waals surface area (Å²) in [6.45, 7) is 11.5. The molecule has 18 heavy (non-hydrogen) atoms. The zero-order valence-electron chi connectivity index (χ0n) is 12.7. The topological polar surface area (TPSA) is 29.1 Å². The number of nitrogens with one attached hydrogen (secondary N) is 1. The van der Waals surface area contributed by atoms with Crippen molar-refractivity contribution in [3.05, 3.63) is 0 Å². The minimum atomic E-state index is 0.132. The standard InChI is InChI=1S/C16H29NO/c1-7-10-15(4,5)12-16(6,11-8-2)13-17-14(18)9-3/h1H,8-13H2,2-6H3,(H,17,18). The van der Waals surface area contributed by atoms with E-state index in [1.807, 2.05) is 6.92 Å². The predicted molar refractivity (Wildman–Crippen MR) is 78.2 cm³/mol. The summed E-state index contributed by atoms with van der Waals surface area (Å²) in [6, 6.07) is 0. The van der Waals surface area contributed by atoms with E-state index in [1.165, 1.54) is 0 Å². The highest BCUT2D eigenvalue weighted by atomic mass is 16.1. The van der Waals surface area contributed by atoms with Gasteiger partial charge in [-0.3, -0.25) is 4.79 Å². The van der Waals surface area contributed by atoms with E-state index >= 15 is 0 Å². The molecule has 0 radical (unpaired) electrons. The van der Waals surface area contributed by atoms with Crippen molar-refractivity contribution in [3.63, 3.8) is 0 Å². The van der Waals surface area contributed by atoms with Crippen molar-refractivity contribution < 1.29 is 4.79 Å². The summed E-state index contributed by atoms with van der Waals surface area (Å²) in [5.74, 6) is 2.89. The minimum absolute atomic E-state index is 0.132. The zero-order valence-corrected chi connectivity index (χ0v) is 12.7. The lowest BCUT2D eigenvalue weighted by Crippen LogP contribution is -2.38. The van der Waals surface area contributed by atoms with E-state index in [2.05, 4.69) is 38.9 Å². The van der Waals surface area contributed by atoms with Gasteiger partial charge in [-0.05, 0) is 23.7 Å². The summed E-state index contributed by atoms with van der Waals surface area (Å²) in [7, 11) is 0. The monoisotopic (exact) mass is 251 g/mol. The lowest BCUT2D eigenvalue weighted by molar-refractivity contribution is -0.121. The van der Waals surface area contributed by atoms with Gasteiger partial charge >= 0.3 is 0 Å².